The molecule has 2 nitrogen and oxygen atoms in total. The van der Waals surface area contributed by atoms with E-state index in [1.165, 1.54) is 12.0 Å². The number of hydrogen-bond donors (Lipinski definition) is 1. The van der Waals surface area contributed by atoms with Gasteiger partial charge in [-0.2, -0.15) is 0 Å². The second-order valence-corrected chi connectivity index (χ2v) is 5.83. The van der Waals surface area contributed by atoms with Crippen LogP contribution >= 0.6 is 0 Å². The van der Waals surface area contributed by atoms with Gasteiger partial charge in [0.25, 0.3) is 0 Å². The van der Waals surface area contributed by atoms with E-state index in [9.17, 15) is 0 Å². The molecule has 0 aliphatic carbocycles. The third-order valence-electron chi connectivity index (χ3n) is 3.62. The number of hydrogen-bond acceptors (Lipinski definition) is 2. The summed E-state index contributed by atoms with van der Waals surface area (Å²) in [7, 11) is 2.24. The van der Waals surface area contributed by atoms with Crippen molar-refractivity contribution in [2.24, 2.45) is 5.92 Å². The number of nitrogens with zero attached hydrogens (tertiary/aromatic N) is 1. The summed E-state index contributed by atoms with van der Waals surface area (Å²) < 4.78 is 0. The largest absolute Gasteiger partial charge is 0.315 e. The molecule has 1 unspecified atom stereocenters. The van der Waals surface area contributed by atoms with Crippen molar-refractivity contribution in [3.05, 3.63) is 35.9 Å². The highest BCUT2D eigenvalue weighted by Gasteiger charge is 2.12. The van der Waals surface area contributed by atoms with Gasteiger partial charge in [0, 0.05) is 19.1 Å². The molecule has 0 saturated carbocycles. The maximum atomic E-state index is 3.57. The van der Waals surface area contributed by atoms with Crippen LogP contribution in [-0.4, -0.2) is 37.6 Å². The first-order chi connectivity index (χ1) is 9.13. The maximum Gasteiger partial charge on any atom is 0.0215 e. The SMILES string of the molecule is CCC(CNCC(C)C)N(C)CCc1ccccc1. The Labute approximate surface area is 119 Å². The molecule has 0 amide bonds. The Kier molecular flexibility index (Phi) is 7.76. The first kappa shape index (κ1) is 16.2. The minimum absolute atomic E-state index is 0.641. The van der Waals surface area contributed by atoms with E-state index in [-0.39, 0.29) is 0 Å². The van der Waals surface area contributed by atoms with Gasteiger partial charge in [-0.25, -0.2) is 0 Å². The maximum absolute atomic E-state index is 3.57. The van der Waals surface area contributed by atoms with Crippen LogP contribution in [0.5, 0.6) is 0 Å². The topological polar surface area (TPSA) is 15.3 Å². The molecule has 1 N–H and O–H groups in total. The van der Waals surface area contributed by atoms with Gasteiger partial charge in [0.1, 0.15) is 0 Å². The molecule has 1 aromatic rings. The third kappa shape index (κ3) is 6.74. The fraction of sp³-hybridized carbons (Fsp3) is 0.647. The van der Waals surface area contributed by atoms with Crippen LogP contribution in [0.2, 0.25) is 0 Å². The average molecular weight is 262 g/mol. The van der Waals surface area contributed by atoms with Crippen LogP contribution in [0.25, 0.3) is 0 Å². The van der Waals surface area contributed by atoms with Gasteiger partial charge in [0.15, 0.2) is 0 Å². The summed E-state index contributed by atoms with van der Waals surface area (Å²) in [5.41, 5.74) is 1.43. The molecule has 0 bridgehead atoms. The second-order valence-electron chi connectivity index (χ2n) is 5.83. The molecule has 0 radical (unpaired) electrons. The lowest BCUT2D eigenvalue weighted by Gasteiger charge is -2.27. The van der Waals surface area contributed by atoms with Gasteiger partial charge in [0.2, 0.25) is 0 Å². The third-order valence-corrected chi connectivity index (χ3v) is 3.62. The average Bonchev–Trinajstić information content (AvgIpc) is 2.42. The standard InChI is InChI=1S/C17H30N2/c1-5-17(14-18-13-15(2)3)19(4)12-11-16-9-7-6-8-10-16/h6-10,15,17-18H,5,11-14H2,1-4H3. The molecule has 2 heteroatoms. The lowest BCUT2D eigenvalue weighted by Crippen LogP contribution is -2.41. The molecule has 0 saturated heterocycles. The lowest BCUT2D eigenvalue weighted by molar-refractivity contribution is 0.230. The summed E-state index contributed by atoms with van der Waals surface area (Å²) in [6, 6.07) is 11.4. The zero-order valence-electron chi connectivity index (χ0n) is 13.0. The van der Waals surface area contributed by atoms with Gasteiger partial charge < -0.3 is 10.2 Å². The molecular formula is C17H30N2. The predicted octanol–water partition coefficient (Wildman–Crippen LogP) is 3.19. The Morgan fingerprint density at radius 2 is 1.79 bits per heavy atom. The molecule has 1 rings (SSSR count). The smallest absolute Gasteiger partial charge is 0.0215 e. The van der Waals surface area contributed by atoms with Gasteiger partial charge in [-0.15, -0.1) is 0 Å². The van der Waals surface area contributed by atoms with E-state index in [1.54, 1.807) is 0 Å². The van der Waals surface area contributed by atoms with Crippen molar-refractivity contribution in [1.29, 1.82) is 0 Å². The molecule has 0 aliphatic rings. The zero-order valence-corrected chi connectivity index (χ0v) is 13.0. The quantitative estimate of drug-likeness (QED) is 0.735. The highest BCUT2D eigenvalue weighted by Crippen LogP contribution is 2.05. The summed E-state index contributed by atoms with van der Waals surface area (Å²) in [6.07, 6.45) is 2.34. The first-order valence-corrected chi connectivity index (χ1v) is 7.58. The molecule has 0 fully saturated rings. The summed E-state index contributed by atoms with van der Waals surface area (Å²) in [6.45, 7) is 10.1. The molecule has 0 heterocycles. The zero-order chi connectivity index (χ0) is 14.1. The van der Waals surface area contributed by atoms with E-state index in [1.807, 2.05) is 0 Å². The Hall–Kier alpha value is -0.860. The van der Waals surface area contributed by atoms with Crippen LogP contribution in [0.3, 0.4) is 0 Å². The van der Waals surface area contributed by atoms with E-state index in [2.05, 4.69) is 68.4 Å². The minimum atomic E-state index is 0.641. The van der Waals surface area contributed by atoms with Crippen molar-refractivity contribution < 1.29 is 0 Å². The summed E-state index contributed by atoms with van der Waals surface area (Å²) in [5.74, 6) is 0.729. The Balaban J connectivity index is 2.30. The van der Waals surface area contributed by atoms with E-state index < -0.39 is 0 Å². The van der Waals surface area contributed by atoms with Gasteiger partial charge in [-0.3, -0.25) is 0 Å². The Morgan fingerprint density at radius 3 is 2.37 bits per heavy atom. The normalized spacial score (nSPS) is 13.2. The Morgan fingerprint density at radius 1 is 1.11 bits per heavy atom. The molecule has 0 spiro atoms. The van der Waals surface area contributed by atoms with E-state index in [0.29, 0.717) is 6.04 Å². The van der Waals surface area contributed by atoms with Crippen LogP contribution in [0.1, 0.15) is 32.8 Å². The minimum Gasteiger partial charge on any atom is -0.315 e. The number of nitrogens with one attached hydrogen (secondary N) is 1. The molecule has 0 aromatic heterocycles. The van der Waals surface area contributed by atoms with Crippen molar-refractivity contribution in [2.45, 2.75) is 39.7 Å². The van der Waals surface area contributed by atoms with Crippen LogP contribution in [0, 0.1) is 5.92 Å². The van der Waals surface area contributed by atoms with Crippen LogP contribution in [0.4, 0.5) is 0 Å². The molecular weight excluding hydrogens is 232 g/mol. The van der Waals surface area contributed by atoms with Crippen molar-refractivity contribution in [2.75, 3.05) is 26.7 Å². The first-order valence-electron chi connectivity index (χ1n) is 7.58. The summed E-state index contributed by atoms with van der Waals surface area (Å²) >= 11 is 0. The summed E-state index contributed by atoms with van der Waals surface area (Å²) in [5, 5.41) is 3.57. The van der Waals surface area contributed by atoms with Gasteiger partial charge in [0.05, 0.1) is 0 Å². The lowest BCUT2D eigenvalue weighted by atomic mass is 10.1. The van der Waals surface area contributed by atoms with Crippen molar-refractivity contribution >= 4 is 0 Å². The number of benzene rings is 1. The fourth-order valence-corrected chi connectivity index (χ4v) is 2.28. The molecule has 0 aliphatic heterocycles. The van der Waals surface area contributed by atoms with Crippen LogP contribution in [0.15, 0.2) is 30.3 Å². The fourth-order valence-electron chi connectivity index (χ4n) is 2.28. The van der Waals surface area contributed by atoms with Crippen molar-refractivity contribution in [1.82, 2.24) is 10.2 Å². The van der Waals surface area contributed by atoms with Crippen LogP contribution < -0.4 is 5.32 Å². The number of rotatable bonds is 9. The number of likely N-dealkylation sites (N-methyl/N-ethyl adjacent to an activating group) is 1. The van der Waals surface area contributed by atoms with Crippen molar-refractivity contribution in [3.63, 3.8) is 0 Å². The second kappa shape index (κ2) is 9.11. The highest BCUT2D eigenvalue weighted by molar-refractivity contribution is 5.14. The van der Waals surface area contributed by atoms with Gasteiger partial charge in [-0.05, 0) is 37.9 Å². The molecule has 1 atom stereocenters. The Bertz CT molecular complexity index is 321. The van der Waals surface area contributed by atoms with Gasteiger partial charge >= 0.3 is 0 Å². The molecule has 108 valence electrons. The van der Waals surface area contributed by atoms with Crippen LogP contribution in [-0.2, 0) is 6.42 Å². The molecule has 19 heavy (non-hydrogen) atoms. The van der Waals surface area contributed by atoms with Gasteiger partial charge in [-0.1, -0.05) is 51.1 Å². The highest BCUT2D eigenvalue weighted by atomic mass is 15.1. The summed E-state index contributed by atoms with van der Waals surface area (Å²) in [4.78, 5) is 2.49. The molecule has 1 aromatic carbocycles. The monoisotopic (exact) mass is 262 g/mol. The predicted molar refractivity (Wildman–Crippen MR) is 84.6 cm³/mol. The van der Waals surface area contributed by atoms with E-state index >= 15 is 0 Å². The van der Waals surface area contributed by atoms with Crippen molar-refractivity contribution in [3.8, 4) is 0 Å². The van der Waals surface area contributed by atoms with E-state index in [0.717, 1.165) is 32.0 Å². The van der Waals surface area contributed by atoms with E-state index in [4.69, 9.17) is 0 Å².